The lowest BCUT2D eigenvalue weighted by atomic mass is 9.79. The first kappa shape index (κ1) is 15.9. The summed E-state index contributed by atoms with van der Waals surface area (Å²) in [7, 11) is 0. The van der Waals surface area contributed by atoms with E-state index in [9.17, 15) is 4.79 Å². The average molecular weight is 312 g/mol. The summed E-state index contributed by atoms with van der Waals surface area (Å²) in [6.07, 6.45) is 4.19. The molecule has 0 bridgehead atoms. The highest BCUT2D eigenvalue weighted by atomic mass is 16.5. The van der Waals surface area contributed by atoms with Crippen molar-refractivity contribution < 1.29 is 14.3 Å². The monoisotopic (exact) mass is 312 g/mol. The van der Waals surface area contributed by atoms with E-state index in [-0.39, 0.29) is 18.0 Å². The SMILES string of the molecule is CCOc1ccc2ccccc2c1[C@@H]1CCCC[C@@H]1OC(C)=O. The average Bonchev–Trinajstić information content (AvgIpc) is 2.55. The number of carbonyl (C=O) groups excluding carboxylic acids is 1. The van der Waals surface area contributed by atoms with Crippen LogP contribution in [0.5, 0.6) is 5.75 Å². The third-order valence-corrected chi connectivity index (χ3v) is 4.62. The van der Waals surface area contributed by atoms with Crippen LogP contribution in [-0.2, 0) is 9.53 Å². The maximum absolute atomic E-state index is 11.5. The first-order valence-electron chi connectivity index (χ1n) is 8.52. The molecule has 0 radical (unpaired) electrons. The fraction of sp³-hybridized carbons (Fsp3) is 0.450. The molecule has 0 aromatic heterocycles. The Bertz CT molecular complexity index is 692. The largest absolute Gasteiger partial charge is 0.494 e. The number of ether oxygens (including phenoxy) is 2. The summed E-state index contributed by atoms with van der Waals surface area (Å²) < 4.78 is 11.6. The van der Waals surface area contributed by atoms with E-state index in [0.717, 1.165) is 31.4 Å². The molecule has 0 unspecified atom stereocenters. The van der Waals surface area contributed by atoms with Crippen molar-refractivity contribution in [1.82, 2.24) is 0 Å². The van der Waals surface area contributed by atoms with E-state index in [1.54, 1.807) is 0 Å². The van der Waals surface area contributed by atoms with E-state index < -0.39 is 0 Å². The third kappa shape index (κ3) is 3.34. The molecule has 0 aliphatic heterocycles. The molecule has 0 amide bonds. The summed E-state index contributed by atoms with van der Waals surface area (Å²) in [6, 6.07) is 12.5. The van der Waals surface area contributed by atoms with E-state index >= 15 is 0 Å². The minimum absolute atomic E-state index is 0.0498. The highest BCUT2D eigenvalue weighted by molar-refractivity contribution is 5.88. The van der Waals surface area contributed by atoms with Crippen molar-refractivity contribution in [2.45, 2.75) is 51.6 Å². The Morgan fingerprint density at radius 3 is 2.70 bits per heavy atom. The smallest absolute Gasteiger partial charge is 0.302 e. The molecule has 0 N–H and O–H groups in total. The van der Waals surface area contributed by atoms with Crippen LogP contribution >= 0.6 is 0 Å². The fourth-order valence-electron chi connectivity index (χ4n) is 3.72. The van der Waals surface area contributed by atoms with E-state index in [0.29, 0.717) is 6.61 Å². The Hall–Kier alpha value is -2.03. The van der Waals surface area contributed by atoms with E-state index in [1.807, 2.05) is 6.92 Å². The molecule has 0 heterocycles. The maximum atomic E-state index is 11.5. The lowest BCUT2D eigenvalue weighted by Crippen LogP contribution is -2.28. The van der Waals surface area contributed by atoms with Gasteiger partial charge in [-0.25, -0.2) is 0 Å². The normalized spacial score (nSPS) is 21.1. The molecule has 23 heavy (non-hydrogen) atoms. The van der Waals surface area contributed by atoms with Crippen molar-refractivity contribution in [1.29, 1.82) is 0 Å². The lowest BCUT2D eigenvalue weighted by Gasteiger charge is -2.33. The van der Waals surface area contributed by atoms with Crippen molar-refractivity contribution in [2.24, 2.45) is 0 Å². The Morgan fingerprint density at radius 1 is 1.13 bits per heavy atom. The van der Waals surface area contributed by atoms with Crippen molar-refractivity contribution in [2.75, 3.05) is 6.61 Å². The van der Waals surface area contributed by atoms with Gasteiger partial charge in [-0.3, -0.25) is 4.79 Å². The topological polar surface area (TPSA) is 35.5 Å². The van der Waals surface area contributed by atoms with Gasteiger partial charge in [0.1, 0.15) is 11.9 Å². The van der Waals surface area contributed by atoms with Crippen LogP contribution in [0.25, 0.3) is 10.8 Å². The zero-order valence-corrected chi connectivity index (χ0v) is 13.9. The predicted molar refractivity (Wildman–Crippen MR) is 91.9 cm³/mol. The molecule has 1 fully saturated rings. The number of carbonyl (C=O) groups is 1. The Kier molecular flexibility index (Phi) is 4.85. The fourth-order valence-corrected chi connectivity index (χ4v) is 3.72. The second-order valence-corrected chi connectivity index (χ2v) is 6.17. The molecular weight excluding hydrogens is 288 g/mol. The summed E-state index contributed by atoms with van der Waals surface area (Å²) in [5.41, 5.74) is 1.20. The van der Waals surface area contributed by atoms with Gasteiger partial charge in [0.15, 0.2) is 0 Å². The Labute approximate surface area is 137 Å². The predicted octanol–water partition coefficient (Wildman–Crippen LogP) is 4.83. The van der Waals surface area contributed by atoms with Gasteiger partial charge in [0.25, 0.3) is 0 Å². The lowest BCUT2D eigenvalue weighted by molar-refractivity contribution is -0.148. The highest BCUT2D eigenvalue weighted by Crippen LogP contribution is 2.43. The Morgan fingerprint density at radius 2 is 1.91 bits per heavy atom. The van der Waals surface area contributed by atoms with Crippen LogP contribution in [-0.4, -0.2) is 18.7 Å². The van der Waals surface area contributed by atoms with Gasteiger partial charge >= 0.3 is 5.97 Å². The molecule has 122 valence electrons. The minimum Gasteiger partial charge on any atom is -0.494 e. The second kappa shape index (κ2) is 7.03. The Balaban J connectivity index is 2.10. The molecule has 2 atom stereocenters. The van der Waals surface area contributed by atoms with Crippen LogP contribution in [0.15, 0.2) is 36.4 Å². The summed E-state index contributed by atoms with van der Waals surface area (Å²) in [6.45, 7) is 4.14. The van der Waals surface area contributed by atoms with Crippen LogP contribution < -0.4 is 4.74 Å². The summed E-state index contributed by atoms with van der Waals surface area (Å²) in [5, 5.41) is 2.42. The zero-order valence-electron chi connectivity index (χ0n) is 13.9. The quantitative estimate of drug-likeness (QED) is 0.759. The summed E-state index contributed by atoms with van der Waals surface area (Å²) in [5.74, 6) is 0.940. The molecule has 3 nitrogen and oxygen atoms in total. The van der Waals surface area contributed by atoms with Crippen LogP contribution in [0.4, 0.5) is 0 Å². The van der Waals surface area contributed by atoms with E-state index in [4.69, 9.17) is 9.47 Å². The van der Waals surface area contributed by atoms with Crippen molar-refractivity contribution in [3.63, 3.8) is 0 Å². The first-order valence-corrected chi connectivity index (χ1v) is 8.52. The molecule has 0 saturated heterocycles. The van der Waals surface area contributed by atoms with Crippen LogP contribution in [0, 0.1) is 0 Å². The molecule has 3 rings (SSSR count). The van der Waals surface area contributed by atoms with Gasteiger partial charge in [0.05, 0.1) is 6.61 Å². The minimum atomic E-state index is -0.194. The molecule has 1 saturated carbocycles. The summed E-state index contributed by atoms with van der Waals surface area (Å²) >= 11 is 0. The first-order chi connectivity index (χ1) is 11.2. The van der Waals surface area contributed by atoms with Gasteiger partial charge in [0, 0.05) is 18.4 Å². The molecular formula is C20H24O3. The van der Waals surface area contributed by atoms with Crippen LogP contribution in [0.2, 0.25) is 0 Å². The number of hydrogen-bond donors (Lipinski definition) is 0. The van der Waals surface area contributed by atoms with Gasteiger partial charge in [-0.1, -0.05) is 36.8 Å². The van der Waals surface area contributed by atoms with Crippen molar-refractivity contribution in [3.8, 4) is 5.75 Å². The molecule has 2 aromatic carbocycles. The van der Waals surface area contributed by atoms with Crippen molar-refractivity contribution >= 4 is 16.7 Å². The van der Waals surface area contributed by atoms with Gasteiger partial charge in [0.2, 0.25) is 0 Å². The number of esters is 1. The van der Waals surface area contributed by atoms with Gasteiger partial charge < -0.3 is 9.47 Å². The van der Waals surface area contributed by atoms with Gasteiger partial charge in [-0.05, 0) is 43.0 Å². The van der Waals surface area contributed by atoms with E-state index in [1.165, 1.54) is 23.3 Å². The second-order valence-electron chi connectivity index (χ2n) is 6.17. The van der Waals surface area contributed by atoms with Crippen LogP contribution in [0.1, 0.15) is 51.0 Å². The standard InChI is InChI=1S/C20H24O3/c1-3-22-19-13-12-15-8-4-5-9-16(15)20(19)17-10-6-7-11-18(17)23-14(2)21/h4-5,8-9,12-13,17-18H,3,6-7,10-11H2,1-2H3/t17-,18+/m1/s1. The number of benzene rings is 2. The number of rotatable bonds is 4. The highest BCUT2D eigenvalue weighted by Gasteiger charge is 2.32. The summed E-state index contributed by atoms with van der Waals surface area (Å²) in [4.78, 5) is 11.5. The third-order valence-electron chi connectivity index (χ3n) is 4.62. The zero-order chi connectivity index (χ0) is 16.2. The molecule has 1 aliphatic carbocycles. The van der Waals surface area contributed by atoms with Crippen molar-refractivity contribution in [3.05, 3.63) is 42.0 Å². The molecule has 3 heteroatoms. The number of hydrogen-bond acceptors (Lipinski definition) is 3. The molecule has 1 aliphatic rings. The van der Waals surface area contributed by atoms with Crippen LogP contribution in [0.3, 0.4) is 0 Å². The van der Waals surface area contributed by atoms with Gasteiger partial charge in [-0.15, -0.1) is 0 Å². The molecule has 0 spiro atoms. The number of fused-ring (bicyclic) bond motifs is 1. The van der Waals surface area contributed by atoms with E-state index in [2.05, 4.69) is 36.4 Å². The van der Waals surface area contributed by atoms with Gasteiger partial charge in [-0.2, -0.15) is 0 Å². The molecule has 2 aromatic rings. The maximum Gasteiger partial charge on any atom is 0.302 e.